The van der Waals surface area contributed by atoms with Crippen LogP contribution in [0.4, 0.5) is 0 Å². The monoisotopic (exact) mass is 639 g/mol. The molecular weight excluding hydrogens is 598 g/mol. The van der Waals surface area contributed by atoms with Crippen molar-refractivity contribution in [3.05, 3.63) is 101 Å². The number of esters is 1. The van der Waals surface area contributed by atoms with Crippen LogP contribution in [-0.4, -0.2) is 90.6 Å². The number of carbonyl (C=O) groups excluding carboxylic acids is 4. The molecule has 47 heavy (non-hydrogen) atoms. The first-order valence-corrected chi connectivity index (χ1v) is 16.2. The van der Waals surface area contributed by atoms with E-state index in [2.05, 4.69) is 5.32 Å². The van der Waals surface area contributed by atoms with Crippen molar-refractivity contribution in [3.8, 4) is 5.75 Å². The van der Waals surface area contributed by atoms with Crippen molar-refractivity contribution in [1.29, 1.82) is 0 Å². The number of methoxy groups -OCH3 is 2. The van der Waals surface area contributed by atoms with Crippen molar-refractivity contribution in [1.82, 2.24) is 15.1 Å². The molecule has 0 unspecified atom stereocenters. The van der Waals surface area contributed by atoms with Crippen LogP contribution in [0.15, 0.2) is 78.9 Å². The molecule has 3 aromatic rings. The number of aliphatic hydroxyl groups is 1. The number of rotatable bonds is 7. The van der Waals surface area contributed by atoms with Crippen molar-refractivity contribution >= 4 is 23.7 Å². The molecule has 3 aliphatic rings. The smallest absolute Gasteiger partial charge is 0.328 e. The Morgan fingerprint density at radius 3 is 2.28 bits per heavy atom. The third-order valence-electron chi connectivity index (χ3n) is 10.0. The molecule has 2 N–H and O–H groups in total. The summed E-state index contributed by atoms with van der Waals surface area (Å²) in [6, 6.07) is 23.3. The summed E-state index contributed by atoms with van der Waals surface area (Å²) < 4.78 is 10.4. The van der Waals surface area contributed by atoms with Gasteiger partial charge in [0.15, 0.2) is 0 Å². The van der Waals surface area contributed by atoms with Gasteiger partial charge in [-0.15, -0.1) is 0 Å². The van der Waals surface area contributed by atoms with Crippen LogP contribution >= 0.6 is 0 Å². The molecule has 1 aliphatic carbocycles. The fraction of sp³-hybridized carbons (Fsp3) is 0.405. The second kappa shape index (κ2) is 13.6. The molecule has 3 amide bonds. The Morgan fingerprint density at radius 2 is 1.55 bits per heavy atom. The number of nitrogens with one attached hydrogen (secondary N) is 1. The molecule has 10 nitrogen and oxygen atoms in total. The Hall–Kier alpha value is -4.70. The molecule has 0 spiro atoms. The van der Waals surface area contributed by atoms with Crippen LogP contribution in [0.5, 0.6) is 5.75 Å². The molecule has 246 valence electrons. The minimum absolute atomic E-state index is 0.00472. The SMILES string of the molecule is COC(=O)[C@@H]1C[C@@H](O)CN1C(=O)[C@@]1(c2ccccc2)CC[C@H](C(=O)N2CCC(NC(=O)c3ccccc3OC)CC2)c2ccccc21. The Bertz CT molecular complexity index is 1640. The number of fused-ring (bicyclic) bond motifs is 1. The normalized spacial score (nSPS) is 24.3. The highest BCUT2D eigenvalue weighted by Gasteiger charge is 2.53. The Kier molecular flexibility index (Phi) is 9.31. The number of nitrogens with zero attached hydrogens (tertiary/aromatic N) is 2. The van der Waals surface area contributed by atoms with Gasteiger partial charge in [0.2, 0.25) is 11.8 Å². The molecular formula is C37H41N3O7. The molecule has 4 atom stereocenters. The highest BCUT2D eigenvalue weighted by Crippen LogP contribution is 2.49. The molecule has 3 aromatic carbocycles. The van der Waals surface area contributed by atoms with E-state index in [1.165, 1.54) is 19.1 Å². The molecule has 0 saturated carbocycles. The van der Waals surface area contributed by atoms with Crippen LogP contribution in [0.1, 0.15) is 65.1 Å². The Labute approximate surface area is 274 Å². The number of para-hydroxylation sites is 1. The van der Waals surface area contributed by atoms with Crippen molar-refractivity contribution < 1.29 is 33.8 Å². The van der Waals surface area contributed by atoms with Crippen LogP contribution in [0.25, 0.3) is 0 Å². The van der Waals surface area contributed by atoms with E-state index in [-0.39, 0.29) is 36.7 Å². The number of hydrogen-bond acceptors (Lipinski definition) is 7. The summed E-state index contributed by atoms with van der Waals surface area (Å²) in [7, 11) is 2.82. The summed E-state index contributed by atoms with van der Waals surface area (Å²) in [6.45, 7) is 1.04. The first-order chi connectivity index (χ1) is 22.8. The summed E-state index contributed by atoms with van der Waals surface area (Å²) in [4.78, 5) is 58.0. The van der Waals surface area contributed by atoms with Gasteiger partial charge in [0.1, 0.15) is 11.8 Å². The quantitative estimate of drug-likeness (QED) is 0.380. The molecule has 6 rings (SSSR count). The number of β-amino-alcohol motifs (C(OH)–C–C–N with tert-alkyl or cyclic N) is 1. The van der Waals surface area contributed by atoms with Gasteiger partial charge in [-0.25, -0.2) is 4.79 Å². The summed E-state index contributed by atoms with van der Waals surface area (Å²) in [6.07, 6.45) is 1.31. The van der Waals surface area contributed by atoms with Crippen LogP contribution in [-0.2, 0) is 24.5 Å². The molecule has 10 heteroatoms. The molecule has 0 radical (unpaired) electrons. The number of likely N-dealkylation sites (tertiary alicyclic amines) is 2. The van der Waals surface area contributed by atoms with Gasteiger partial charge in [-0.1, -0.05) is 66.7 Å². The van der Waals surface area contributed by atoms with Gasteiger partial charge in [-0.05, 0) is 54.5 Å². The average Bonchev–Trinajstić information content (AvgIpc) is 3.52. The van der Waals surface area contributed by atoms with E-state index in [0.717, 1.165) is 16.7 Å². The fourth-order valence-corrected chi connectivity index (χ4v) is 7.67. The maximum absolute atomic E-state index is 14.8. The lowest BCUT2D eigenvalue weighted by Crippen LogP contribution is -2.54. The van der Waals surface area contributed by atoms with E-state index in [1.54, 1.807) is 18.2 Å². The van der Waals surface area contributed by atoms with Crippen LogP contribution in [0.2, 0.25) is 0 Å². The van der Waals surface area contributed by atoms with E-state index < -0.39 is 29.4 Å². The minimum atomic E-state index is -1.15. The zero-order chi connectivity index (χ0) is 33.1. The third kappa shape index (κ3) is 5.98. The van der Waals surface area contributed by atoms with Gasteiger partial charge in [0, 0.05) is 32.1 Å². The van der Waals surface area contributed by atoms with E-state index in [4.69, 9.17) is 9.47 Å². The number of aliphatic hydroxyl groups excluding tert-OH is 1. The van der Waals surface area contributed by atoms with Crippen LogP contribution < -0.4 is 10.1 Å². The molecule has 0 bridgehead atoms. The van der Waals surface area contributed by atoms with Gasteiger partial charge >= 0.3 is 5.97 Å². The highest BCUT2D eigenvalue weighted by molar-refractivity contribution is 5.98. The van der Waals surface area contributed by atoms with E-state index >= 15 is 0 Å². The molecule has 0 aromatic heterocycles. The lowest BCUT2D eigenvalue weighted by molar-refractivity contribution is -0.152. The summed E-state index contributed by atoms with van der Waals surface area (Å²) in [5.41, 5.74) is 1.64. The van der Waals surface area contributed by atoms with Gasteiger partial charge < -0.3 is 29.7 Å². The van der Waals surface area contributed by atoms with Gasteiger partial charge in [0.05, 0.1) is 37.2 Å². The Balaban J connectivity index is 1.24. The summed E-state index contributed by atoms with van der Waals surface area (Å²) in [5.74, 6) is -0.963. The maximum atomic E-state index is 14.8. The van der Waals surface area contributed by atoms with E-state index in [9.17, 15) is 24.3 Å². The standard InChI is InChI=1S/C37H41N3O7/c1-46-32-15-9-7-13-29(32)33(42)38-25-17-20-39(21-18-25)34(43)28-16-19-37(24-10-4-3-5-11-24,30-14-8-6-12-27(28)30)36(45)40-23-26(41)22-31(40)35(44)47-2/h3-15,25-26,28,31,41H,16-23H2,1-2H3,(H,38,42)/t26-,28+,31+,37-/m1/s1. The first-order valence-electron chi connectivity index (χ1n) is 16.2. The van der Waals surface area contributed by atoms with E-state index in [0.29, 0.717) is 50.1 Å². The number of benzene rings is 3. The molecule has 2 fully saturated rings. The molecule has 2 heterocycles. The molecule has 2 saturated heterocycles. The number of carbonyl (C=O) groups is 4. The Morgan fingerprint density at radius 1 is 0.872 bits per heavy atom. The largest absolute Gasteiger partial charge is 0.496 e. The van der Waals surface area contributed by atoms with E-state index in [1.807, 2.05) is 65.6 Å². The van der Waals surface area contributed by atoms with Crippen molar-refractivity contribution in [2.45, 2.75) is 61.6 Å². The first kappa shape index (κ1) is 32.2. The van der Waals surface area contributed by atoms with Crippen molar-refractivity contribution in [2.75, 3.05) is 33.9 Å². The van der Waals surface area contributed by atoms with Gasteiger partial charge in [-0.3, -0.25) is 14.4 Å². The van der Waals surface area contributed by atoms with Gasteiger partial charge in [0.25, 0.3) is 5.91 Å². The van der Waals surface area contributed by atoms with Gasteiger partial charge in [-0.2, -0.15) is 0 Å². The minimum Gasteiger partial charge on any atom is -0.496 e. The second-order valence-corrected chi connectivity index (χ2v) is 12.6. The molecule has 2 aliphatic heterocycles. The highest BCUT2D eigenvalue weighted by atomic mass is 16.5. The second-order valence-electron chi connectivity index (χ2n) is 12.6. The number of ether oxygens (including phenoxy) is 2. The van der Waals surface area contributed by atoms with Crippen LogP contribution in [0, 0.1) is 0 Å². The van der Waals surface area contributed by atoms with Crippen LogP contribution in [0.3, 0.4) is 0 Å². The third-order valence-corrected chi connectivity index (χ3v) is 10.0. The predicted molar refractivity (Wildman–Crippen MR) is 174 cm³/mol. The summed E-state index contributed by atoms with van der Waals surface area (Å²) in [5, 5.41) is 13.6. The lowest BCUT2D eigenvalue weighted by Gasteiger charge is -2.44. The summed E-state index contributed by atoms with van der Waals surface area (Å²) >= 11 is 0. The average molecular weight is 640 g/mol. The fourth-order valence-electron chi connectivity index (χ4n) is 7.67. The topological polar surface area (TPSA) is 125 Å². The maximum Gasteiger partial charge on any atom is 0.328 e. The van der Waals surface area contributed by atoms with Crippen molar-refractivity contribution in [2.24, 2.45) is 0 Å². The predicted octanol–water partition coefficient (Wildman–Crippen LogP) is 3.41. The number of amides is 3. The van der Waals surface area contributed by atoms with Crippen molar-refractivity contribution in [3.63, 3.8) is 0 Å². The number of piperidine rings is 1. The zero-order valence-electron chi connectivity index (χ0n) is 26.8. The lowest BCUT2D eigenvalue weighted by atomic mass is 9.62. The number of hydrogen-bond donors (Lipinski definition) is 2. The zero-order valence-corrected chi connectivity index (χ0v) is 26.8.